The van der Waals surface area contributed by atoms with Crippen molar-refractivity contribution in [1.82, 2.24) is 15.1 Å². The topological polar surface area (TPSA) is 29.9 Å². The lowest BCUT2D eigenvalue weighted by atomic mass is 10.00. The van der Waals surface area contributed by atoms with Gasteiger partial charge in [-0.25, -0.2) is 0 Å². The van der Waals surface area contributed by atoms with Gasteiger partial charge in [-0.15, -0.1) is 11.3 Å². The summed E-state index contributed by atoms with van der Waals surface area (Å²) >= 11 is 1.86. The molecule has 0 bridgehead atoms. The molecule has 2 aromatic heterocycles. The van der Waals surface area contributed by atoms with Crippen molar-refractivity contribution in [2.45, 2.75) is 52.5 Å². The number of rotatable bonds is 8. The van der Waals surface area contributed by atoms with Crippen LogP contribution in [0.25, 0.3) is 0 Å². The highest BCUT2D eigenvalue weighted by molar-refractivity contribution is 7.09. The quantitative estimate of drug-likeness (QED) is 0.807. The molecule has 0 radical (unpaired) electrons. The summed E-state index contributed by atoms with van der Waals surface area (Å²) < 4.78 is 2.00. The number of aryl methyl sites for hydroxylation is 3. The molecule has 0 saturated carbocycles. The zero-order chi connectivity index (χ0) is 15.2. The number of nitrogens with one attached hydrogen (secondary N) is 1. The minimum absolute atomic E-state index is 0.594. The molecule has 2 heterocycles. The molecule has 2 aromatic rings. The lowest BCUT2D eigenvalue weighted by Crippen LogP contribution is -2.30. The fourth-order valence-electron chi connectivity index (χ4n) is 2.91. The molecule has 2 rings (SSSR count). The van der Waals surface area contributed by atoms with Crippen molar-refractivity contribution < 1.29 is 0 Å². The summed E-state index contributed by atoms with van der Waals surface area (Å²) in [7, 11) is 2.03. The first kappa shape index (κ1) is 16.2. The van der Waals surface area contributed by atoms with E-state index in [1.165, 1.54) is 41.1 Å². The Balaban J connectivity index is 1.90. The monoisotopic (exact) mass is 305 g/mol. The minimum Gasteiger partial charge on any atom is -0.314 e. The minimum atomic E-state index is 0.594. The molecule has 4 heteroatoms. The number of thiophene rings is 1. The Morgan fingerprint density at radius 2 is 2.05 bits per heavy atom. The second kappa shape index (κ2) is 7.76. The predicted molar refractivity (Wildman–Crippen MR) is 91.1 cm³/mol. The van der Waals surface area contributed by atoms with Gasteiger partial charge in [0.05, 0.1) is 5.69 Å². The van der Waals surface area contributed by atoms with Crippen LogP contribution in [-0.4, -0.2) is 22.4 Å². The molecule has 0 fully saturated rings. The van der Waals surface area contributed by atoms with Gasteiger partial charge < -0.3 is 5.32 Å². The highest BCUT2D eigenvalue weighted by atomic mass is 32.1. The SMILES string of the molecule is CCNC(CCc1cccs1)CCc1c(C)nn(C)c1C. The van der Waals surface area contributed by atoms with E-state index >= 15 is 0 Å². The molecule has 1 atom stereocenters. The summed E-state index contributed by atoms with van der Waals surface area (Å²) in [5, 5.41) is 10.3. The van der Waals surface area contributed by atoms with Crippen LogP contribution >= 0.6 is 11.3 Å². The van der Waals surface area contributed by atoms with E-state index < -0.39 is 0 Å². The molecule has 3 nitrogen and oxygen atoms in total. The highest BCUT2D eigenvalue weighted by Gasteiger charge is 2.13. The Labute approximate surface area is 132 Å². The Morgan fingerprint density at radius 3 is 2.62 bits per heavy atom. The lowest BCUT2D eigenvalue weighted by Gasteiger charge is -2.17. The third-order valence-electron chi connectivity index (χ3n) is 4.21. The van der Waals surface area contributed by atoms with Crippen LogP contribution in [0.2, 0.25) is 0 Å². The first-order chi connectivity index (χ1) is 10.1. The van der Waals surface area contributed by atoms with E-state index in [1.54, 1.807) is 0 Å². The average molecular weight is 305 g/mol. The average Bonchev–Trinajstić information content (AvgIpc) is 3.04. The number of hydrogen-bond acceptors (Lipinski definition) is 3. The van der Waals surface area contributed by atoms with Gasteiger partial charge in [0, 0.05) is 23.7 Å². The van der Waals surface area contributed by atoms with E-state index in [9.17, 15) is 0 Å². The van der Waals surface area contributed by atoms with Gasteiger partial charge in [0.2, 0.25) is 0 Å². The van der Waals surface area contributed by atoms with Crippen molar-refractivity contribution in [3.63, 3.8) is 0 Å². The summed E-state index contributed by atoms with van der Waals surface area (Å²) in [6.45, 7) is 7.53. The second-order valence-electron chi connectivity index (χ2n) is 5.68. The van der Waals surface area contributed by atoms with Gasteiger partial charge in [-0.2, -0.15) is 5.10 Å². The Kier molecular flexibility index (Phi) is 6.00. The Morgan fingerprint density at radius 1 is 1.29 bits per heavy atom. The molecule has 1 unspecified atom stereocenters. The lowest BCUT2D eigenvalue weighted by molar-refractivity contribution is 0.465. The van der Waals surface area contributed by atoms with Gasteiger partial charge >= 0.3 is 0 Å². The molecule has 0 saturated heterocycles. The first-order valence-corrected chi connectivity index (χ1v) is 8.74. The smallest absolute Gasteiger partial charge is 0.0628 e. The van der Waals surface area contributed by atoms with Gasteiger partial charge in [0.1, 0.15) is 0 Å². The van der Waals surface area contributed by atoms with Gasteiger partial charge in [-0.05, 0) is 63.1 Å². The Hall–Kier alpha value is -1.13. The normalized spacial score (nSPS) is 12.8. The molecule has 116 valence electrons. The zero-order valence-corrected chi connectivity index (χ0v) is 14.5. The summed E-state index contributed by atoms with van der Waals surface area (Å²) in [5.74, 6) is 0. The number of hydrogen-bond donors (Lipinski definition) is 1. The van der Waals surface area contributed by atoms with E-state index in [0.717, 1.165) is 13.0 Å². The molecule has 21 heavy (non-hydrogen) atoms. The largest absolute Gasteiger partial charge is 0.314 e. The molecule has 1 N–H and O–H groups in total. The molecule has 0 spiro atoms. The van der Waals surface area contributed by atoms with E-state index in [1.807, 2.05) is 23.1 Å². The maximum atomic E-state index is 4.52. The van der Waals surface area contributed by atoms with Crippen LogP contribution in [-0.2, 0) is 19.9 Å². The van der Waals surface area contributed by atoms with Crippen LogP contribution in [0.1, 0.15) is 41.6 Å². The predicted octanol–water partition coefficient (Wildman–Crippen LogP) is 3.64. The Bertz CT molecular complexity index is 543. The van der Waals surface area contributed by atoms with E-state index in [0.29, 0.717) is 6.04 Å². The van der Waals surface area contributed by atoms with Crippen LogP contribution < -0.4 is 5.32 Å². The maximum Gasteiger partial charge on any atom is 0.0628 e. The van der Waals surface area contributed by atoms with Crippen molar-refractivity contribution in [2.24, 2.45) is 7.05 Å². The van der Waals surface area contributed by atoms with Crippen LogP contribution in [0, 0.1) is 13.8 Å². The third-order valence-corrected chi connectivity index (χ3v) is 5.15. The molecule has 0 aromatic carbocycles. The van der Waals surface area contributed by atoms with Crippen LogP contribution in [0.15, 0.2) is 17.5 Å². The van der Waals surface area contributed by atoms with Crippen molar-refractivity contribution in [2.75, 3.05) is 6.54 Å². The molecule has 0 amide bonds. The summed E-state index contributed by atoms with van der Waals surface area (Å²) in [6, 6.07) is 4.98. The zero-order valence-electron chi connectivity index (χ0n) is 13.6. The van der Waals surface area contributed by atoms with E-state index in [-0.39, 0.29) is 0 Å². The van der Waals surface area contributed by atoms with Gasteiger partial charge in [-0.3, -0.25) is 4.68 Å². The number of nitrogens with zero attached hydrogens (tertiary/aromatic N) is 2. The highest BCUT2D eigenvalue weighted by Crippen LogP contribution is 2.18. The summed E-state index contributed by atoms with van der Waals surface area (Å²) in [6.07, 6.45) is 4.70. The second-order valence-corrected chi connectivity index (χ2v) is 6.72. The van der Waals surface area contributed by atoms with Crippen molar-refractivity contribution >= 4 is 11.3 Å². The molecule has 0 aliphatic heterocycles. The molecular weight excluding hydrogens is 278 g/mol. The fourth-order valence-corrected chi connectivity index (χ4v) is 3.63. The summed E-state index contributed by atoms with van der Waals surface area (Å²) in [4.78, 5) is 1.49. The van der Waals surface area contributed by atoms with Crippen molar-refractivity contribution in [3.8, 4) is 0 Å². The first-order valence-electron chi connectivity index (χ1n) is 7.86. The van der Waals surface area contributed by atoms with Gasteiger partial charge in [0.25, 0.3) is 0 Å². The summed E-state index contributed by atoms with van der Waals surface area (Å²) in [5.41, 5.74) is 3.92. The van der Waals surface area contributed by atoms with Crippen LogP contribution in [0.5, 0.6) is 0 Å². The van der Waals surface area contributed by atoms with E-state index in [4.69, 9.17) is 0 Å². The molecular formula is C17H27N3S. The fraction of sp³-hybridized carbons (Fsp3) is 0.588. The van der Waals surface area contributed by atoms with E-state index in [2.05, 4.69) is 48.7 Å². The standard InChI is InChI=1S/C17H27N3S/c1-5-18-15(8-10-16-7-6-12-21-16)9-11-17-13(2)19-20(4)14(17)3/h6-7,12,15,18H,5,8-11H2,1-4H3. The van der Waals surface area contributed by atoms with Crippen molar-refractivity contribution in [1.29, 1.82) is 0 Å². The van der Waals surface area contributed by atoms with Crippen LogP contribution in [0.4, 0.5) is 0 Å². The van der Waals surface area contributed by atoms with Crippen molar-refractivity contribution in [3.05, 3.63) is 39.3 Å². The maximum absolute atomic E-state index is 4.52. The van der Waals surface area contributed by atoms with Gasteiger partial charge in [-0.1, -0.05) is 13.0 Å². The third kappa shape index (κ3) is 4.42. The number of aromatic nitrogens is 2. The van der Waals surface area contributed by atoms with Crippen LogP contribution in [0.3, 0.4) is 0 Å². The molecule has 0 aliphatic carbocycles. The van der Waals surface area contributed by atoms with Gasteiger partial charge in [0.15, 0.2) is 0 Å². The molecule has 0 aliphatic rings.